The number of nitrogens with one attached hydrogen (secondary N) is 2. The number of pyridine rings is 1. The van der Waals surface area contributed by atoms with Gasteiger partial charge >= 0.3 is 12.2 Å². The molecule has 0 aliphatic rings. The fourth-order valence-corrected chi connectivity index (χ4v) is 1.14. The molecule has 1 heterocycles. The number of nitrogens with two attached hydrogens (primary N) is 1. The van der Waals surface area contributed by atoms with Crippen molar-refractivity contribution in [2.45, 2.75) is 6.18 Å². The zero-order valence-electron chi connectivity index (χ0n) is 8.71. The molecule has 0 spiro atoms. The van der Waals surface area contributed by atoms with Crippen molar-refractivity contribution in [1.82, 2.24) is 10.3 Å². The van der Waals surface area contributed by atoms with Gasteiger partial charge in [-0.25, -0.2) is 9.78 Å². The Morgan fingerprint density at radius 1 is 1.41 bits per heavy atom. The van der Waals surface area contributed by atoms with E-state index in [1.54, 1.807) is 0 Å². The molecule has 8 heteroatoms. The molecule has 4 N–H and O–H groups in total. The molecule has 1 aromatic rings. The molecule has 0 radical (unpaired) electrons. The smallest absolute Gasteiger partial charge is 0.368 e. The van der Waals surface area contributed by atoms with E-state index in [1.807, 2.05) is 0 Å². The fraction of sp³-hybridized carbons (Fsp3) is 0.333. The van der Waals surface area contributed by atoms with Crippen LogP contribution in [0.2, 0.25) is 0 Å². The number of carbonyl (C=O) groups is 1. The highest BCUT2D eigenvalue weighted by Gasteiger charge is 2.33. The van der Waals surface area contributed by atoms with E-state index in [0.29, 0.717) is 0 Å². The third-order valence-corrected chi connectivity index (χ3v) is 1.83. The summed E-state index contributed by atoms with van der Waals surface area (Å²) in [5, 5.41) is 4.72. The molecular weight excluding hydrogens is 237 g/mol. The number of carbonyl (C=O) groups excluding carboxylic acids is 1. The normalized spacial score (nSPS) is 11.0. The number of amides is 2. The molecule has 5 nitrogen and oxygen atoms in total. The van der Waals surface area contributed by atoms with Gasteiger partial charge in [0.15, 0.2) is 0 Å². The molecule has 0 aliphatic carbocycles. The molecule has 94 valence electrons. The second kappa shape index (κ2) is 5.37. The Balaban J connectivity index is 2.62. The monoisotopic (exact) mass is 248 g/mol. The molecule has 0 fully saturated rings. The SMILES string of the molecule is NC(=O)NCCNc1ncccc1C(F)(F)F. The summed E-state index contributed by atoms with van der Waals surface area (Å²) >= 11 is 0. The Morgan fingerprint density at radius 2 is 2.12 bits per heavy atom. The van der Waals surface area contributed by atoms with Crippen LogP contribution in [0.5, 0.6) is 0 Å². The minimum Gasteiger partial charge on any atom is -0.368 e. The van der Waals surface area contributed by atoms with Crippen molar-refractivity contribution in [2.75, 3.05) is 18.4 Å². The molecule has 1 aromatic heterocycles. The zero-order chi connectivity index (χ0) is 12.9. The minimum absolute atomic E-state index is 0.100. The zero-order valence-corrected chi connectivity index (χ0v) is 8.71. The molecule has 2 amide bonds. The summed E-state index contributed by atoms with van der Waals surface area (Å²) in [6, 6.07) is 1.40. The minimum atomic E-state index is -4.46. The topological polar surface area (TPSA) is 80.0 Å². The van der Waals surface area contributed by atoms with Crippen LogP contribution in [0.1, 0.15) is 5.56 Å². The fourth-order valence-electron chi connectivity index (χ4n) is 1.14. The van der Waals surface area contributed by atoms with E-state index in [2.05, 4.69) is 15.6 Å². The highest BCUT2D eigenvalue weighted by molar-refractivity contribution is 5.71. The van der Waals surface area contributed by atoms with Gasteiger partial charge in [-0.3, -0.25) is 0 Å². The van der Waals surface area contributed by atoms with Crippen molar-refractivity contribution in [3.8, 4) is 0 Å². The van der Waals surface area contributed by atoms with Crippen LogP contribution in [0, 0.1) is 0 Å². The standard InChI is InChI=1S/C9H11F3N4O/c10-9(11,12)6-2-1-3-14-7(6)15-4-5-16-8(13)17/h1-3H,4-5H2,(H,14,15)(H3,13,16,17). The van der Waals surface area contributed by atoms with Crippen LogP contribution in [0.3, 0.4) is 0 Å². The number of urea groups is 1. The van der Waals surface area contributed by atoms with Gasteiger partial charge in [-0.05, 0) is 12.1 Å². The second-order valence-electron chi connectivity index (χ2n) is 3.12. The number of hydrogen-bond donors (Lipinski definition) is 3. The predicted molar refractivity (Wildman–Crippen MR) is 55.3 cm³/mol. The number of alkyl halides is 3. The van der Waals surface area contributed by atoms with Crippen LogP contribution >= 0.6 is 0 Å². The van der Waals surface area contributed by atoms with Crippen molar-refractivity contribution in [3.63, 3.8) is 0 Å². The largest absolute Gasteiger partial charge is 0.419 e. The van der Waals surface area contributed by atoms with Gasteiger partial charge in [0.25, 0.3) is 0 Å². The Labute approximate surface area is 95.2 Å². The lowest BCUT2D eigenvalue weighted by Gasteiger charge is -2.12. The first-order chi connectivity index (χ1) is 7.91. The lowest BCUT2D eigenvalue weighted by atomic mass is 10.2. The van der Waals surface area contributed by atoms with Crippen LogP contribution in [0.4, 0.5) is 23.8 Å². The number of rotatable bonds is 4. The van der Waals surface area contributed by atoms with Gasteiger partial charge in [0, 0.05) is 19.3 Å². The number of halogens is 3. The lowest BCUT2D eigenvalue weighted by Crippen LogP contribution is -2.33. The van der Waals surface area contributed by atoms with Crippen LogP contribution in [-0.2, 0) is 6.18 Å². The highest BCUT2D eigenvalue weighted by atomic mass is 19.4. The predicted octanol–water partition coefficient (Wildman–Crippen LogP) is 1.18. The van der Waals surface area contributed by atoms with Crippen LogP contribution < -0.4 is 16.4 Å². The Hall–Kier alpha value is -1.99. The van der Waals surface area contributed by atoms with E-state index in [1.165, 1.54) is 12.3 Å². The first-order valence-corrected chi connectivity index (χ1v) is 4.70. The van der Waals surface area contributed by atoms with Gasteiger partial charge in [-0.2, -0.15) is 13.2 Å². The maximum atomic E-state index is 12.5. The molecule has 0 unspecified atom stereocenters. The molecule has 0 bridgehead atoms. The highest BCUT2D eigenvalue weighted by Crippen LogP contribution is 2.33. The summed E-state index contributed by atoms with van der Waals surface area (Å²) in [7, 11) is 0. The van der Waals surface area contributed by atoms with Crippen LogP contribution in [-0.4, -0.2) is 24.1 Å². The molecular formula is C9H11F3N4O. The van der Waals surface area contributed by atoms with E-state index in [4.69, 9.17) is 5.73 Å². The van der Waals surface area contributed by atoms with Gasteiger partial charge in [0.1, 0.15) is 5.82 Å². The van der Waals surface area contributed by atoms with Gasteiger partial charge in [0.2, 0.25) is 0 Å². The molecule has 0 aromatic carbocycles. The number of nitrogens with zero attached hydrogens (tertiary/aromatic N) is 1. The Bertz CT molecular complexity index is 394. The second-order valence-corrected chi connectivity index (χ2v) is 3.12. The van der Waals surface area contributed by atoms with Crippen LogP contribution in [0.15, 0.2) is 18.3 Å². The maximum Gasteiger partial charge on any atom is 0.419 e. The number of hydrogen-bond acceptors (Lipinski definition) is 3. The van der Waals surface area contributed by atoms with E-state index in [0.717, 1.165) is 6.07 Å². The quantitative estimate of drug-likeness (QED) is 0.700. The van der Waals surface area contributed by atoms with Crippen molar-refractivity contribution in [1.29, 1.82) is 0 Å². The van der Waals surface area contributed by atoms with E-state index in [-0.39, 0.29) is 18.9 Å². The number of primary amides is 1. The summed E-state index contributed by atoms with van der Waals surface area (Å²) in [6.45, 7) is 0.215. The van der Waals surface area contributed by atoms with E-state index in [9.17, 15) is 18.0 Å². The van der Waals surface area contributed by atoms with Crippen molar-refractivity contribution in [2.24, 2.45) is 5.73 Å². The average Bonchev–Trinajstić information content (AvgIpc) is 2.23. The Morgan fingerprint density at radius 3 is 2.71 bits per heavy atom. The van der Waals surface area contributed by atoms with Crippen molar-refractivity contribution >= 4 is 11.8 Å². The number of aromatic nitrogens is 1. The maximum absolute atomic E-state index is 12.5. The summed E-state index contributed by atoms with van der Waals surface area (Å²) in [5.41, 5.74) is 3.95. The van der Waals surface area contributed by atoms with Gasteiger partial charge < -0.3 is 16.4 Å². The first kappa shape index (κ1) is 13.1. The van der Waals surface area contributed by atoms with E-state index < -0.39 is 17.8 Å². The van der Waals surface area contributed by atoms with Gasteiger partial charge in [-0.1, -0.05) is 0 Å². The lowest BCUT2D eigenvalue weighted by molar-refractivity contribution is -0.137. The molecule has 17 heavy (non-hydrogen) atoms. The average molecular weight is 248 g/mol. The summed E-state index contributed by atoms with van der Waals surface area (Å²) < 4.78 is 37.5. The molecule has 0 aliphatic heterocycles. The molecule has 0 saturated carbocycles. The van der Waals surface area contributed by atoms with Crippen LogP contribution in [0.25, 0.3) is 0 Å². The molecule has 0 saturated heterocycles. The van der Waals surface area contributed by atoms with Crippen molar-refractivity contribution < 1.29 is 18.0 Å². The van der Waals surface area contributed by atoms with Gasteiger partial charge in [-0.15, -0.1) is 0 Å². The summed E-state index contributed by atoms with van der Waals surface area (Å²) in [4.78, 5) is 13.9. The third kappa shape index (κ3) is 4.17. The summed E-state index contributed by atoms with van der Waals surface area (Å²) in [5.74, 6) is -0.272. The molecule has 0 atom stereocenters. The first-order valence-electron chi connectivity index (χ1n) is 4.70. The van der Waals surface area contributed by atoms with E-state index >= 15 is 0 Å². The number of anilines is 1. The van der Waals surface area contributed by atoms with Gasteiger partial charge in [0.05, 0.1) is 5.56 Å². The van der Waals surface area contributed by atoms with Crippen molar-refractivity contribution in [3.05, 3.63) is 23.9 Å². The Kier molecular flexibility index (Phi) is 4.13. The summed E-state index contributed by atoms with van der Waals surface area (Å²) in [6.07, 6.45) is -3.22. The third-order valence-electron chi connectivity index (χ3n) is 1.83. The molecule has 1 rings (SSSR count).